The van der Waals surface area contributed by atoms with Crippen LogP contribution < -0.4 is 16.1 Å². The van der Waals surface area contributed by atoms with E-state index < -0.39 is 66.6 Å². The lowest BCUT2D eigenvalue weighted by Gasteiger charge is -2.35. The molecule has 0 unspecified atom stereocenters. The fraction of sp³-hybridized carbons (Fsp3) is 0.429. The van der Waals surface area contributed by atoms with Crippen molar-refractivity contribution < 1.29 is 40.7 Å². The van der Waals surface area contributed by atoms with Gasteiger partial charge in [0.1, 0.15) is 12.9 Å². The molecule has 0 saturated heterocycles. The summed E-state index contributed by atoms with van der Waals surface area (Å²) in [7, 11) is 0. The molecule has 2 amide bonds. The van der Waals surface area contributed by atoms with Crippen molar-refractivity contribution in [1.29, 1.82) is 0 Å². The number of hydrazone groups is 1. The van der Waals surface area contributed by atoms with Crippen LogP contribution in [0.2, 0.25) is 5.02 Å². The van der Waals surface area contributed by atoms with Crippen LogP contribution in [0, 0.1) is 5.41 Å². The van der Waals surface area contributed by atoms with Gasteiger partial charge in [0, 0.05) is 23.7 Å². The number of aromatic nitrogens is 2. The number of rotatable bonds is 12. The van der Waals surface area contributed by atoms with Crippen LogP contribution in [0.1, 0.15) is 70.2 Å². The van der Waals surface area contributed by atoms with Crippen molar-refractivity contribution in [2.24, 2.45) is 26.2 Å². The number of hydrogen-bond acceptors (Lipinski definition) is 9. The molecule has 0 bridgehead atoms. The first kappa shape index (κ1) is 38.6. The van der Waals surface area contributed by atoms with Crippen molar-refractivity contribution in [2.75, 3.05) is 11.6 Å². The molecule has 3 aliphatic rings. The number of alkyl halides is 6. The predicted octanol–water partition coefficient (Wildman–Crippen LogP) is 7.47. The van der Waals surface area contributed by atoms with Gasteiger partial charge in [-0.2, -0.15) is 32.8 Å². The second-order valence-electron chi connectivity index (χ2n) is 14.5. The largest absolute Gasteiger partial charge is 0.447 e. The van der Waals surface area contributed by atoms with Crippen LogP contribution in [-0.2, 0) is 15.1 Å². The summed E-state index contributed by atoms with van der Waals surface area (Å²) in [6.45, 7) is 2.21. The second-order valence-corrected chi connectivity index (χ2v) is 14.9. The smallest absolute Gasteiger partial charge is 0.407 e. The van der Waals surface area contributed by atoms with Crippen LogP contribution in [0.15, 0.2) is 69.9 Å². The maximum absolute atomic E-state index is 15.0. The molecule has 12 nitrogen and oxygen atoms in total. The molecule has 0 radical (unpaired) electrons. The molecule has 54 heavy (non-hydrogen) atoms. The molecular weight excluding hydrogens is 744 g/mol. The number of carbonyl (C=O) groups excluding carboxylic acids is 2. The summed E-state index contributed by atoms with van der Waals surface area (Å²) in [5, 5.41) is 10.0. The Morgan fingerprint density at radius 2 is 1.78 bits per heavy atom. The number of carbonyl (C=O) groups is 2. The molecule has 1 aromatic heterocycles. The first-order chi connectivity index (χ1) is 25.3. The number of ether oxygens (including phenoxy) is 1. The van der Waals surface area contributed by atoms with Gasteiger partial charge in [-0.25, -0.2) is 28.2 Å². The molecule has 19 heteroatoms. The number of nitrogens with two attached hydrogens (primary N) is 1. The van der Waals surface area contributed by atoms with Gasteiger partial charge in [0.05, 0.1) is 29.2 Å². The first-order valence-electron chi connectivity index (χ1n) is 16.7. The normalized spacial score (nSPS) is 20.8. The summed E-state index contributed by atoms with van der Waals surface area (Å²) in [6, 6.07) is 5.45. The zero-order valence-corrected chi connectivity index (χ0v) is 30.0. The van der Waals surface area contributed by atoms with E-state index in [1.807, 2.05) is 20.8 Å². The van der Waals surface area contributed by atoms with Crippen molar-refractivity contribution in [3.05, 3.63) is 71.0 Å². The molecule has 1 aliphatic carbocycles. The topological polar surface area (TPSA) is 143 Å². The van der Waals surface area contributed by atoms with Gasteiger partial charge in [-0.15, -0.1) is 0 Å². The van der Waals surface area contributed by atoms with Gasteiger partial charge in [-0.3, -0.25) is 9.69 Å². The Hall–Kier alpha value is -5.13. The third kappa shape index (κ3) is 7.88. The van der Waals surface area contributed by atoms with Gasteiger partial charge in [0.2, 0.25) is 6.43 Å². The molecule has 2 aliphatic heterocycles. The molecule has 6 rings (SSSR count). The van der Waals surface area contributed by atoms with Crippen molar-refractivity contribution in [3.8, 4) is 11.1 Å². The molecule has 0 spiro atoms. The van der Waals surface area contributed by atoms with Crippen molar-refractivity contribution in [1.82, 2.24) is 20.0 Å². The Kier molecular flexibility index (Phi) is 10.2. The van der Waals surface area contributed by atoms with Crippen molar-refractivity contribution in [2.45, 2.75) is 82.6 Å². The van der Waals surface area contributed by atoms with E-state index in [9.17, 15) is 35.9 Å². The quantitative estimate of drug-likeness (QED) is 0.144. The lowest BCUT2D eigenvalue weighted by Crippen LogP contribution is -2.48. The molecule has 1 saturated carbocycles. The second kappa shape index (κ2) is 14.3. The lowest BCUT2D eigenvalue weighted by molar-refractivity contribution is -0.135. The number of alkyl carbamates (subject to hydrolysis) is 1. The molecule has 1 fully saturated rings. The van der Waals surface area contributed by atoms with Crippen LogP contribution in [0.5, 0.6) is 0 Å². The summed E-state index contributed by atoms with van der Waals surface area (Å²) in [5.74, 6) is -0.939. The highest BCUT2D eigenvalue weighted by molar-refractivity contribution is 6.33. The Labute approximate surface area is 310 Å². The number of nitrogens with zero attached hydrogens (tertiary/aromatic N) is 7. The van der Waals surface area contributed by atoms with Gasteiger partial charge in [-0.05, 0) is 53.5 Å². The lowest BCUT2D eigenvalue weighted by atomic mass is 9.75. The maximum atomic E-state index is 15.0. The van der Waals surface area contributed by atoms with Crippen molar-refractivity contribution >= 4 is 47.8 Å². The van der Waals surface area contributed by atoms with Crippen molar-refractivity contribution in [3.63, 3.8) is 0 Å². The molecule has 2 atom stereocenters. The Bertz CT molecular complexity index is 2000. The van der Waals surface area contributed by atoms with Gasteiger partial charge in [0.25, 0.3) is 5.91 Å². The van der Waals surface area contributed by atoms with E-state index in [2.05, 4.69) is 20.5 Å². The number of hydrogen-bond donors (Lipinski definition) is 2. The highest BCUT2D eigenvalue weighted by Crippen LogP contribution is 2.46. The van der Waals surface area contributed by atoms with E-state index in [0.29, 0.717) is 45.4 Å². The summed E-state index contributed by atoms with van der Waals surface area (Å²) in [5.41, 5.74) is 4.41. The highest BCUT2D eigenvalue weighted by Gasteiger charge is 2.53. The van der Waals surface area contributed by atoms with Crippen LogP contribution in [-0.4, -0.2) is 69.8 Å². The van der Waals surface area contributed by atoms with E-state index in [1.165, 1.54) is 30.6 Å². The minimum atomic E-state index is -3.69. The zero-order valence-electron chi connectivity index (χ0n) is 29.2. The summed E-state index contributed by atoms with van der Waals surface area (Å²) in [4.78, 5) is 37.2. The number of amides is 2. The average Bonchev–Trinajstić information content (AvgIpc) is 3.52. The number of guanidine groups is 1. The predicted molar refractivity (Wildman–Crippen MR) is 189 cm³/mol. The van der Waals surface area contributed by atoms with Gasteiger partial charge in [-0.1, -0.05) is 62.7 Å². The number of aliphatic imine (C=N–C) groups is 2. The van der Waals surface area contributed by atoms with Crippen LogP contribution in [0.25, 0.3) is 11.1 Å². The Balaban J connectivity index is 1.38. The van der Waals surface area contributed by atoms with Crippen LogP contribution in [0.3, 0.4) is 0 Å². The Morgan fingerprint density at radius 1 is 1.07 bits per heavy atom. The minimum absolute atomic E-state index is 0.114. The summed E-state index contributed by atoms with van der Waals surface area (Å²) < 4.78 is 88.7. The fourth-order valence-electron chi connectivity index (χ4n) is 6.62. The van der Waals surface area contributed by atoms with Gasteiger partial charge in [0.15, 0.2) is 11.5 Å². The zero-order chi connectivity index (χ0) is 39.2. The maximum Gasteiger partial charge on any atom is 0.407 e. The van der Waals surface area contributed by atoms with Crippen LogP contribution in [0.4, 0.5) is 36.8 Å². The molecule has 3 heterocycles. The first-order valence-corrected chi connectivity index (χ1v) is 17.1. The van der Waals surface area contributed by atoms with E-state index in [0.717, 1.165) is 11.2 Å². The monoisotopic (exact) mass is 779 g/mol. The SMILES string of the molecule is CC(C)(C)C[C@]1(c2ccc(-c3cnn(C(F)F)c3)cc2)N=C(N)N([C@H](COC(=O)NC2(CC(F)F)CC2)c2ccc(Cl)c(N3N=CN=CC3(F)F)c2)C1=O. The highest BCUT2D eigenvalue weighted by atomic mass is 35.5. The standard InChI is InChI=1S/C35H36ClF6N9O3/c1-32(2,3)17-34(23-7-4-20(5-8-23)22-14-45-49(15-22)29(39)40)28(52)50(30(43)47-34)26(16-54-31(53)48-33(10-11-33)13-27(37)38)21-6-9-24(36)25(12-21)51-35(41,42)18-44-19-46-51/h4-9,12,14-15,18-19,26-27,29H,10-11,13,16-17H2,1-3H3,(H2,43,47)(H,48,53)/t26-,34-/m1/s1. The van der Waals surface area contributed by atoms with Gasteiger partial charge >= 0.3 is 18.7 Å². The third-order valence-corrected chi connectivity index (χ3v) is 9.51. The fourth-order valence-corrected chi connectivity index (χ4v) is 6.82. The average molecular weight is 780 g/mol. The van der Waals surface area contributed by atoms with Gasteiger partial charge < -0.3 is 15.8 Å². The minimum Gasteiger partial charge on any atom is -0.447 e. The Morgan fingerprint density at radius 3 is 2.37 bits per heavy atom. The van der Waals surface area contributed by atoms with E-state index >= 15 is 0 Å². The third-order valence-electron chi connectivity index (χ3n) is 9.19. The number of nitrogens with one attached hydrogen (secondary N) is 1. The van der Waals surface area contributed by atoms with Crippen LogP contribution >= 0.6 is 11.6 Å². The van der Waals surface area contributed by atoms with E-state index in [1.54, 1.807) is 24.3 Å². The molecule has 3 N–H and O–H groups in total. The summed E-state index contributed by atoms with van der Waals surface area (Å²) in [6.07, 6.45) is 0.181. The number of benzene rings is 2. The summed E-state index contributed by atoms with van der Waals surface area (Å²) >= 11 is 6.38. The van der Waals surface area contributed by atoms with E-state index in [4.69, 9.17) is 27.1 Å². The molecule has 2 aromatic carbocycles. The molecule has 288 valence electrons. The molecule has 3 aromatic rings. The number of halogens is 7. The van der Waals surface area contributed by atoms with E-state index in [-0.39, 0.29) is 28.7 Å². The molecular formula is C35H36ClF6N9O3. The number of anilines is 1.